The van der Waals surface area contributed by atoms with Crippen LogP contribution in [-0.2, 0) is 27.4 Å². The number of carbonyl (C=O) groups is 3. The Kier molecular flexibility index (Phi) is 6.41. The van der Waals surface area contributed by atoms with Crippen LogP contribution < -0.4 is 9.64 Å². The molecule has 0 bridgehead atoms. The van der Waals surface area contributed by atoms with Crippen molar-refractivity contribution in [3.8, 4) is 5.75 Å². The molecule has 0 radical (unpaired) electrons. The third kappa shape index (κ3) is 4.75. The SMILES string of the molecule is CCOc1ccc(C(C)=O)cc1COC(=O)Cc1csc(N2CCCC2=O)n1. The summed E-state index contributed by atoms with van der Waals surface area (Å²) in [6.45, 7) is 4.49. The first-order chi connectivity index (χ1) is 13.5. The zero-order valence-corrected chi connectivity index (χ0v) is 16.7. The number of esters is 1. The molecule has 1 fully saturated rings. The summed E-state index contributed by atoms with van der Waals surface area (Å²) >= 11 is 1.35. The smallest absolute Gasteiger partial charge is 0.312 e. The first kappa shape index (κ1) is 20.0. The van der Waals surface area contributed by atoms with Crippen LogP contribution in [0.5, 0.6) is 5.75 Å². The molecule has 1 aliphatic rings. The number of nitrogens with zero attached hydrogens (tertiary/aromatic N) is 2. The van der Waals surface area contributed by atoms with E-state index in [0.29, 0.717) is 47.3 Å². The van der Waals surface area contributed by atoms with Crippen LogP contribution in [0.15, 0.2) is 23.6 Å². The Bertz CT molecular complexity index is 892. The molecule has 1 amide bonds. The molecule has 1 aromatic heterocycles. The van der Waals surface area contributed by atoms with E-state index < -0.39 is 5.97 Å². The quantitative estimate of drug-likeness (QED) is 0.498. The number of hydrogen-bond acceptors (Lipinski definition) is 7. The van der Waals surface area contributed by atoms with Gasteiger partial charge in [0, 0.05) is 29.5 Å². The third-order valence-corrected chi connectivity index (χ3v) is 5.24. The van der Waals surface area contributed by atoms with Gasteiger partial charge in [0.25, 0.3) is 0 Å². The number of benzene rings is 1. The van der Waals surface area contributed by atoms with Crippen molar-refractivity contribution < 1.29 is 23.9 Å². The number of anilines is 1. The van der Waals surface area contributed by atoms with Gasteiger partial charge in [0.05, 0.1) is 18.7 Å². The lowest BCUT2D eigenvalue weighted by atomic mass is 10.1. The molecule has 0 N–H and O–H groups in total. The van der Waals surface area contributed by atoms with E-state index in [-0.39, 0.29) is 24.7 Å². The molecule has 0 atom stereocenters. The van der Waals surface area contributed by atoms with E-state index in [4.69, 9.17) is 9.47 Å². The number of amides is 1. The van der Waals surface area contributed by atoms with Gasteiger partial charge in [0.2, 0.25) is 5.91 Å². The molecule has 2 aromatic rings. The van der Waals surface area contributed by atoms with Crippen molar-refractivity contribution in [2.24, 2.45) is 0 Å². The van der Waals surface area contributed by atoms with Crippen LogP contribution in [0, 0.1) is 0 Å². The fourth-order valence-corrected chi connectivity index (χ4v) is 3.78. The lowest BCUT2D eigenvalue weighted by Crippen LogP contribution is -2.23. The fraction of sp³-hybridized carbons (Fsp3) is 0.400. The molecule has 0 spiro atoms. The molecular formula is C20H22N2O5S. The number of ether oxygens (including phenoxy) is 2. The highest BCUT2D eigenvalue weighted by Gasteiger charge is 2.24. The van der Waals surface area contributed by atoms with Gasteiger partial charge in [-0.1, -0.05) is 0 Å². The Morgan fingerprint density at radius 1 is 1.32 bits per heavy atom. The van der Waals surface area contributed by atoms with E-state index in [1.807, 2.05) is 6.92 Å². The van der Waals surface area contributed by atoms with Crippen LogP contribution in [0.25, 0.3) is 0 Å². The highest BCUT2D eigenvalue weighted by molar-refractivity contribution is 7.14. The summed E-state index contributed by atoms with van der Waals surface area (Å²) in [5, 5.41) is 2.39. The van der Waals surface area contributed by atoms with Crippen LogP contribution in [-0.4, -0.2) is 35.8 Å². The lowest BCUT2D eigenvalue weighted by Gasteiger charge is -2.12. The molecule has 0 saturated carbocycles. The average molecular weight is 402 g/mol. The minimum Gasteiger partial charge on any atom is -0.493 e. The first-order valence-corrected chi connectivity index (χ1v) is 10.0. The number of carbonyl (C=O) groups excluding carboxylic acids is 3. The first-order valence-electron chi connectivity index (χ1n) is 9.15. The lowest BCUT2D eigenvalue weighted by molar-refractivity contribution is -0.144. The second-order valence-electron chi connectivity index (χ2n) is 6.42. The Hall–Kier alpha value is -2.74. The maximum Gasteiger partial charge on any atom is 0.312 e. The second kappa shape index (κ2) is 8.97. The fourth-order valence-electron chi connectivity index (χ4n) is 2.92. The zero-order chi connectivity index (χ0) is 20.1. The van der Waals surface area contributed by atoms with Gasteiger partial charge in [0.1, 0.15) is 12.4 Å². The summed E-state index contributed by atoms with van der Waals surface area (Å²) in [6, 6.07) is 5.08. The molecule has 1 saturated heterocycles. The van der Waals surface area contributed by atoms with Gasteiger partial charge in [-0.2, -0.15) is 0 Å². The van der Waals surface area contributed by atoms with E-state index in [9.17, 15) is 14.4 Å². The summed E-state index contributed by atoms with van der Waals surface area (Å²) in [5.74, 6) is 0.156. The Balaban J connectivity index is 1.61. The molecule has 0 unspecified atom stereocenters. The maximum absolute atomic E-state index is 12.2. The Morgan fingerprint density at radius 2 is 2.14 bits per heavy atom. The zero-order valence-electron chi connectivity index (χ0n) is 15.9. The molecule has 3 rings (SSSR count). The Labute approximate surface area is 167 Å². The minimum atomic E-state index is -0.430. The molecule has 2 heterocycles. The van der Waals surface area contributed by atoms with Gasteiger partial charge in [-0.15, -0.1) is 11.3 Å². The van der Waals surface area contributed by atoms with Gasteiger partial charge in [0.15, 0.2) is 10.9 Å². The van der Waals surface area contributed by atoms with Gasteiger partial charge >= 0.3 is 5.97 Å². The number of Topliss-reactive ketones (excluding diaryl/α,β-unsaturated/α-hetero) is 1. The topological polar surface area (TPSA) is 85.8 Å². The minimum absolute atomic E-state index is 0.0108. The average Bonchev–Trinajstić information content (AvgIpc) is 3.29. The summed E-state index contributed by atoms with van der Waals surface area (Å²) < 4.78 is 10.9. The van der Waals surface area contributed by atoms with Crippen molar-refractivity contribution in [1.82, 2.24) is 4.98 Å². The molecule has 1 aliphatic heterocycles. The van der Waals surface area contributed by atoms with Gasteiger partial charge < -0.3 is 9.47 Å². The van der Waals surface area contributed by atoms with Gasteiger partial charge in [-0.05, 0) is 38.5 Å². The summed E-state index contributed by atoms with van der Waals surface area (Å²) in [4.78, 5) is 41.6. The molecule has 8 heteroatoms. The normalized spacial score (nSPS) is 13.6. The van der Waals surface area contributed by atoms with E-state index >= 15 is 0 Å². The molecule has 0 aliphatic carbocycles. The highest BCUT2D eigenvalue weighted by Crippen LogP contribution is 2.26. The number of rotatable bonds is 8. The van der Waals surface area contributed by atoms with Crippen LogP contribution in [0.1, 0.15) is 48.3 Å². The van der Waals surface area contributed by atoms with Crippen LogP contribution in [0.4, 0.5) is 5.13 Å². The predicted octanol–water partition coefficient (Wildman–Crippen LogP) is 3.16. The van der Waals surface area contributed by atoms with E-state index in [1.165, 1.54) is 18.3 Å². The molecule has 148 valence electrons. The maximum atomic E-state index is 12.2. The number of hydrogen-bond donors (Lipinski definition) is 0. The second-order valence-corrected chi connectivity index (χ2v) is 7.26. The highest BCUT2D eigenvalue weighted by atomic mass is 32.1. The number of aromatic nitrogens is 1. The molecule has 28 heavy (non-hydrogen) atoms. The van der Waals surface area contributed by atoms with Crippen molar-refractivity contribution in [2.75, 3.05) is 18.1 Å². The van der Waals surface area contributed by atoms with E-state index in [2.05, 4.69) is 4.98 Å². The van der Waals surface area contributed by atoms with Crippen LogP contribution in [0.2, 0.25) is 0 Å². The van der Waals surface area contributed by atoms with Crippen molar-refractivity contribution >= 4 is 34.1 Å². The molecular weight excluding hydrogens is 380 g/mol. The summed E-state index contributed by atoms with van der Waals surface area (Å²) in [5.41, 5.74) is 1.76. The van der Waals surface area contributed by atoms with Crippen LogP contribution in [0.3, 0.4) is 0 Å². The largest absolute Gasteiger partial charge is 0.493 e. The Morgan fingerprint density at radius 3 is 2.82 bits per heavy atom. The van der Waals surface area contributed by atoms with Gasteiger partial charge in [-0.25, -0.2) is 4.98 Å². The van der Waals surface area contributed by atoms with E-state index in [0.717, 1.165) is 6.42 Å². The monoisotopic (exact) mass is 402 g/mol. The van der Waals surface area contributed by atoms with Crippen molar-refractivity contribution in [3.05, 3.63) is 40.4 Å². The molecule has 7 nitrogen and oxygen atoms in total. The predicted molar refractivity (Wildman–Crippen MR) is 105 cm³/mol. The third-order valence-electron chi connectivity index (χ3n) is 4.32. The summed E-state index contributed by atoms with van der Waals surface area (Å²) in [7, 11) is 0. The van der Waals surface area contributed by atoms with Crippen LogP contribution >= 0.6 is 11.3 Å². The number of ketones is 1. The van der Waals surface area contributed by atoms with Crippen molar-refractivity contribution in [1.29, 1.82) is 0 Å². The summed E-state index contributed by atoms with van der Waals surface area (Å²) in [6.07, 6.45) is 1.39. The standard InChI is InChI=1S/C20H22N2O5S/c1-3-26-17-7-6-14(13(2)23)9-15(17)11-27-19(25)10-16-12-28-20(21-16)22-8-4-5-18(22)24/h6-7,9,12H,3-5,8,10-11H2,1-2H3. The van der Waals surface area contributed by atoms with Gasteiger partial charge in [-0.3, -0.25) is 19.3 Å². The molecule has 1 aromatic carbocycles. The number of thiazole rings is 1. The van der Waals surface area contributed by atoms with Crippen molar-refractivity contribution in [2.45, 2.75) is 39.7 Å². The van der Waals surface area contributed by atoms with Crippen molar-refractivity contribution in [3.63, 3.8) is 0 Å². The van der Waals surface area contributed by atoms with E-state index in [1.54, 1.807) is 28.5 Å².